The molecule has 3 heteroatoms. The van der Waals surface area contributed by atoms with Crippen LogP contribution in [0, 0.1) is 0 Å². The SMILES string of the molecule is CC1(C)OCC(C[Te]c2ccccc2)O1. The third-order valence-electron chi connectivity index (χ3n) is 2.25. The van der Waals surface area contributed by atoms with E-state index >= 15 is 0 Å². The molecule has 0 N–H and O–H groups in total. The van der Waals surface area contributed by atoms with Gasteiger partial charge in [0, 0.05) is 0 Å². The standard InChI is InChI=1S/C12H16O2Te/c1-12(2)13-8-10(14-12)9-15-11-6-4-3-5-7-11/h3-7,10H,8-9H2,1-2H3. The zero-order valence-electron chi connectivity index (χ0n) is 9.10. The fourth-order valence-electron chi connectivity index (χ4n) is 1.55. The average molecular weight is 320 g/mol. The van der Waals surface area contributed by atoms with Crippen LogP contribution in [0.4, 0.5) is 0 Å². The van der Waals surface area contributed by atoms with Gasteiger partial charge in [0.1, 0.15) is 0 Å². The predicted octanol–water partition coefficient (Wildman–Crippen LogP) is 1.59. The number of hydrogen-bond acceptors (Lipinski definition) is 2. The molecule has 0 bridgehead atoms. The van der Waals surface area contributed by atoms with Gasteiger partial charge in [0.2, 0.25) is 0 Å². The number of rotatable bonds is 3. The van der Waals surface area contributed by atoms with Crippen LogP contribution in [0.5, 0.6) is 0 Å². The fraction of sp³-hybridized carbons (Fsp3) is 0.500. The molecule has 0 aliphatic carbocycles. The summed E-state index contributed by atoms with van der Waals surface area (Å²) < 4.78 is 14.0. The molecule has 2 nitrogen and oxygen atoms in total. The van der Waals surface area contributed by atoms with Crippen molar-refractivity contribution in [1.82, 2.24) is 0 Å². The van der Waals surface area contributed by atoms with Gasteiger partial charge in [-0.15, -0.1) is 0 Å². The Morgan fingerprint density at radius 1 is 1.33 bits per heavy atom. The Morgan fingerprint density at radius 3 is 2.67 bits per heavy atom. The molecule has 0 spiro atoms. The van der Waals surface area contributed by atoms with Crippen molar-refractivity contribution in [3.63, 3.8) is 0 Å². The second-order valence-corrected chi connectivity index (χ2v) is 7.20. The summed E-state index contributed by atoms with van der Waals surface area (Å²) in [4.78, 5) is 0. The Balaban J connectivity index is 1.80. The first-order valence-electron chi connectivity index (χ1n) is 5.15. The molecule has 15 heavy (non-hydrogen) atoms. The van der Waals surface area contributed by atoms with Crippen molar-refractivity contribution >= 4 is 24.5 Å². The van der Waals surface area contributed by atoms with E-state index in [1.165, 1.54) is 8.08 Å². The van der Waals surface area contributed by atoms with Crippen LogP contribution < -0.4 is 3.61 Å². The van der Waals surface area contributed by atoms with Gasteiger partial charge in [-0.05, 0) is 0 Å². The van der Waals surface area contributed by atoms with E-state index in [1.807, 2.05) is 13.8 Å². The summed E-state index contributed by atoms with van der Waals surface area (Å²) >= 11 is -0.114. The van der Waals surface area contributed by atoms with Gasteiger partial charge in [0.15, 0.2) is 0 Å². The molecule has 1 fully saturated rings. The Morgan fingerprint density at radius 2 is 2.07 bits per heavy atom. The van der Waals surface area contributed by atoms with Gasteiger partial charge in [-0.2, -0.15) is 0 Å². The number of ether oxygens (including phenoxy) is 2. The normalized spacial score (nSPS) is 24.3. The molecule has 1 saturated heterocycles. The van der Waals surface area contributed by atoms with Gasteiger partial charge in [0.25, 0.3) is 0 Å². The van der Waals surface area contributed by atoms with E-state index in [-0.39, 0.29) is 26.7 Å². The molecule has 2 rings (SSSR count). The van der Waals surface area contributed by atoms with Crippen molar-refractivity contribution in [3.05, 3.63) is 30.3 Å². The molecular weight excluding hydrogens is 304 g/mol. The molecule has 0 amide bonds. The monoisotopic (exact) mass is 322 g/mol. The zero-order chi connectivity index (χ0) is 10.7. The van der Waals surface area contributed by atoms with E-state index in [0.29, 0.717) is 6.10 Å². The summed E-state index contributed by atoms with van der Waals surface area (Å²) in [6.45, 7) is 4.72. The molecule has 1 heterocycles. The molecule has 1 atom stereocenters. The Kier molecular flexibility index (Phi) is 3.69. The topological polar surface area (TPSA) is 18.5 Å². The van der Waals surface area contributed by atoms with Gasteiger partial charge in [0.05, 0.1) is 0 Å². The van der Waals surface area contributed by atoms with Crippen molar-refractivity contribution in [2.45, 2.75) is 30.2 Å². The van der Waals surface area contributed by atoms with E-state index in [9.17, 15) is 0 Å². The van der Waals surface area contributed by atoms with Gasteiger partial charge >= 0.3 is 101 Å². The zero-order valence-corrected chi connectivity index (χ0v) is 11.4. The summed E-state index contributed by atoms with van der Waals surface area (Å²) in [5.41, 5.74) is 0. The molecule has 1 aliphatic rings. The predicted molar refractivity (Wildman–Crippen MR) is 61.5 cm³/mol. The molecule has 1 aliphatic heterocycles. The molecule has 0 aromatic heterocycles. The van der Waals surface area contributed by atoms with E-state index in [4.69, 9.17) is 9.47 Å². The molecule has 1 unspecified atom stereocenters. The van der Waals surface area contributed by atoms with Crippen molar-refractivity contribution < 1.29 is 9.47 Å². The van der Waals surface area contributed by atoms with Crippen molar-refractivity contribution in [3.8, 4) is 0 Å². The summed E-state index contributed by atoms with van der Waals surface area (Å²) in [6.07, 6.45) is 0.308. The summed E-state index contributed by atoms with van der Waals surface area (Å²) in [5, 5.41) is 0. The van der Waals surface area contributed by atoms with E-state index < -0.39 is 0 Å². The van der Waals surface area contributed by atoms with Gasteiger partial charge in [-0.25, -0.2) is 0 Å². The maximum atomic E-state index is 5.78. The first kappa shape index (κ1) is 11.4. The van der Waals surface area contributed by atoms with Crippen LogP contribution in [0.15, 0.2) is 30.3 Å². The Labute approximate surface area is 101 Å². The van der Waals surface area contributed by atoms with E-state index in [1.54, 1.807) is 0 Å². The van der Waals surface area contributed by atoms with Crippen LogP contribution in [0.1, 0.15) is 13.8 Å². The van der Waals surface area contributed by atoms with Gasteiger partial charge in [-0.3, -0.25) is 0 Å². The van der Waals surface area contributed by atoms with Crippen LogP contribution in [0.3, 0.4) is 0 Å². The maximum absolute atomic E-state index is 5.78. The molecule has 0 saturated carbocycles. The molecule has 82 valence electrons. The van der Waals surface area contributed by atoms with Crippen molar-refractivity contribution in [2.24, 2.45) is 0 Å². The van der Waals surface area contributed by atoms with Crippen molar-refractivity contribution in [2.75, 3.05) is 6.61 Å². The summed E-state index contributed by atoms with van der Waals surface area (Å²) in [6, 6.07) is 10.7. The number of hydrogen-bond donors (Lipinski definition) is 0. The first-order valence-corrected chi connectivity index (χ1v) is 7.97. The quantitative estimate of drug-likeness (QED) is 0.788. The molecule has 1 aromatic rings. The summed E-state index contributed by atoms with van der Waals surface area (Å²) in [7, 11) is 0. The van der Waals surface area contributed by atoms with Crippen molar-refractivity contribution in [1.29, 1.82) is 0 Å². The van der Waals surface area contributed by atoms with Gasteiger partial charge in [-0.1, -0.05) is 0 Å². The Hall–Kier alpha value is -0.0704. The Bertz CT molecular complexity index is 311. The first-order chi connectivity index (χ1) is 7.16. The third kappa shape index (κ3) is 3.46. The minimum atomic E-state index is -0.367. The van der Waals surface area contributed by atoms with Crippen LogP contribution in [0.25, 0.3) is 0 Å². The molecule has 1 aromatic carbocycles. The number of benzene rings is 1. The average Bonchev–Trinajstić information content (AvgIpc) is 2.57. The fourth-order valence-corrected chi connectivity index (χ4v) is 4.10. The van der Waals surface area contributed by atoms with Crippen LogP contribution in [0.2, 0.25) is 4.47 Å². The second kappa shape index (κ2) is 4.84. The minimum absolute atomic E-state index is 0.114. The van der Waals surface area contributed by atoms with E-state index in [2.05, 4.69) is 30.3 Å². The van der Waals surface area contributed by atoms with Gasteiger partial charge < -0.3 is 0 Å². The van der Waals surface area contributed by atoms with Crippen LogP contribution >= 0.6 is 0 Å². The van der Waals surface area contributed by atoms with Crippen LogP contribution in [-0.2, 0) is 9.47 Å². The molecular formula is C12H16O2Te. The second-order valence-electron chi connectivity index (χ2n) is 4.07. The summed E-state index contributed by atoms with van der Waals surface area (Å²) in [5.74, 6) is -0.367. The molecule has 0 radical (unpaired) electrons. The third-order valence-corrected chi connectivity index (χ3v) is 5.51. The van der Waals surface area contributed by atoms with Crippen LogP contribution in [-0.4, -0.2) is 39.4 Å². The van der Waals surface area contributed by atoms with E-state index in [0.717, 1.165) is 6.61 Å².